The van der Waals surface area contributed by atoms with E-state index in [0.29, 0.717) is 42.1 Å². The van der Waals surface area contributed by atoms with Gasteiger partial charge in [0.05, 0.1) is 27.4 Å². The van der Waals surface area contributed by atoms with Crippen molar-refractivity contribution in [3.05, 3.63) is 59.7 Å². The third-order valence-electron chi connectivity index (χ3n) is 6.46. The van der Waals surface area contributed by atoms with E-state index in [4.69, 9.17) is 14.2 Å². The number of piperidine rings is 1. The number of methoxy groups -OCH3 is 3. The molecule has 10 nitrogen and oxygen atoms in total. The molecule has 0 radical (unpaired) electrons. The molecule has 10 heteroatoms. The third kappa shape index (κ3) is 8.33. The first-order valence-electron chi connectivity index (χ1n) is 12.7. The summed E-state index contributed by atoms with van der Waals surface area (Å²) >= 11 is 0. The van der Waals surface area contributed by atoms with Crippen LogP contribution in [0.25, 0.3) is 6.08 Å². The van der Waals surface area contributed by atoms with Gasteiger partial charge in [-0.3, -0.25) is 14.4 Å². The minimum Gasteiger partial charge on any atom is -0.493 e. The maximum Gasteiger partial charge on any atom is 0.244 e. The van der Waals surface area contributed by atoms with Crippen molar-refractivity contribution < 1.29 is 33.4 Å². The first-order valence-corrected chi connectivity index (χ1v) is 12.7. The van der Waals surface area contributed by atoms with Crippen LogP contribution in [0.5, 0.6) is 17.2 Å². The lowest BCUT2D eigenvalue weighted by Crippen LogP contribution is -2.51. The fraction of sp³-hybridized carbons (Fsp3) is 0.379. The highest BCUT2D eigenvalue weighted by Crippen LogP contribution is 2.38. The number of hydrogen-bond donors (Lipinski definition) is 3. The zero-order chi connectivity index (χ0) is 28.2. The molecule has 0 spiro atoms. The SMILES string of the molecule is COc1cc(/C=C/C(=O)N[C@@H](Cc2ccccc2)C(=O)N[C@H](C=O)CC2CCCNC2=O)cc(OC)c1OC. The first-order chi connectivity index (χ1) is 18.9. The van der Waals surface area contributed by atoms with Crippen LogP contribution in [0.2, 0.25) is 0 Å². The van der Waals surface area contributed by atoms with Crippen LogP contribution in [0.3, 0.4) is 0 Å². The predicted octanol–water partition coefficient (Wildman–Crippen LogP) is 2.05. The third-order valence-corrected chi connectivity index (χ3v) is 6.46. The summed E-state index contributed by atoms with van der Waals surface area (Å²) in [6.07, 6.45) is 5.39. The number of ether oxygens (including phenoxy) is 3. The van der Waals surface area contributed by atoms with Gasteiger partial charge in [0.25, 0.3) is 0 Å². The lowest BCUT2D eigenvalue weighted by molar-refractivity contribution is -0.130. The van der Waals surface area contributed by atoms with E-state index in [1.807, 2.05) is 30.3 Å². The molecule has 2 aromatic carbocycles. The molecule has 3 rings (SSSR count). The molecule has 0 saturated carbocycles. The molecule has 1 unspecified atom stereocenters. The number of rotatable bonds is 13. The number of amides is 3. The summed E-state index contributed by atoms with van der Waals surface area (Å²) in [4.78, 5) is 50.0. The Morgan fingerprint density at radius 1 is 1.05 bits per heavy atom. The van der Waals surface area contributed by atoms with E-state index in [-0.39, 0.29) is 24.7 Å². The van der Waals surface area contributed by atoms with Gasteiger partial charge in [0.15, 0.2) is 11.5 Å². The van der Waals surface area contributed by atoms with Crippen molar-refractivity contribution in [1.29, 1.82) is 0 Å². The monoisotopic (exact) mass is 537 g/mol. The molecule has 3 amide bonds. The van der Waals surface area contributed by atoms with E-state index in [0.717, 1.165) is 12.0 Å². The zero-order valence-corrected chi connectivity index (χ0v) is 22.4. The molecule has 0 aromatic heterocycles. The van der Waals surface area contributed by atoms with E-state index in [1.165, 1.54) is 27.4 Å². The second-order valence-corrected chi connectivity index (χ2v) is 9.16. The minimum atomic E-state index is -0.952. The number of nitrogens with one attached hydrogen (secondary N) is 3. The van der Waals surface area contributed by atoms with Crippen LogP contribution in [-0.2, 0) is 25.6 Å². The van der Waals surface area contributed by atoms with Gasteiger partial charge in [0.1, 0.15) is 12.3 Å². The van der Waals surface area contributed by atoms with Gasteiger partial charge in [-0.25, -0.2) is 0 Å². The molecule has 208 valence electrons. The highest BCUT2D eigenvalue weighted by molar-refractivity contribution is 5.96. The average Bonchev–Trinajstić information content (AvgIpc) is 2.96. The van der Waals surface area contributed by atoms with Crippen molar-refractivity contribution in [1.82, 2.24) is 16.0 Å². The quantitative estimate of drug-likeness (QED) is 0.263. The summed E-state index contributed by atoms with van der Waals surface area (Å²) < 4.78 is 16.0. The Morgan fingerprint density at radius 3 is 2.33 bits per heavy atom. The number of benzene rings is 2. The molecule has 3 N–H and O–H groups in total. The summed E-state index contributed by atoms with van der Waals surface area (Å²) in [5, 5.41) is 8.23. The summed E-state index contributed by atoms with van der Waals surface area (Å²) in [6.45, 7) is 0.613. The van der Waals surface area contributed by atoms with Gasteiger partial charge in [0.2, 0.25) is 23.5 Å². The summed E-state index contributed by atoms with van der Waals surface area (Å²) in [6, 6.07) is 10.8. The van der Waals surface area contributed by atoms with Crippen LogP contribution < -0.4 is 30.2 Å². The second-order valence-electron chi connectivity index (χ2n) is 9.16. The Bertz CT molecular complexity index is 1160. The molecular weight excluding hydrogens is 502 g/mol. The van der Waals surface area contributed by atoms with Crippen LogP contribution in [-0.4, -0.2) is 64.0 Å². The first kappa shape index (κ1) is 29.2. The summed E-state index contributed by atoms with van der Waals surface area (Å²) in [7, 11) is 4.50. The molecule has 1 aliphatic rings. The van der Waals surface area contributed by atoms with E-state index in [2.05, 4.69) is 16.0 Å². The van der Waals surface area contributed by atoms with Crippen LogP contribution >= 0.6 is 0 Å². The Hall–Kier alpha value is -4.34. The molecule has 39 heavy (non-hydrogen) atoms. The topological polar surface area (TPSA) is 132 Å². The van der Waals surface area contributed by atoms with Crippen molar-refractivity contribution in [2.45, 2.75) is 37.8 Å². The van der Waals surface area contributed by atoms with Crippen LogP contribution in [0.15, 0.2) is 48.5 Å². The Morgan fingerprint density at radius 2 is 1.74 bits per heavy atom. The standard InChI is InChI=1S/C29H35N3O7/c1-37-24-15-20(16-25(38-2)27(24)39-3)11-12-26(34)32-23(14-19-8-5-4-6-9-19)29(36)31-22(18-33)17-21-10-7-13-30-28(21)35/h4-6,8-9,11-12,15-16,18,21-23H,7,10,13-14,17H2,1-3H3,(H,30,35)(H,31,36)(H,32,34)/b12-11+/t21?,22-,23-/m0/s1. The minimum absolute atomic E-state index is 0.117. The molecule has 1 saturated heterocycles. The van der Waals surface area contributed by atoms with Gasteiger partial charge < -0.3 is 35.0 Å². The zero-order valence-electron chi connectivity index (χ0n) is 22.4. The molecule has 0 aliphatic carbocycles. The number of hydrogen-bond acceptors (Lipinski definition) is 7. The Balaban J connectivity index is 1.74. The van der Waals surface area contributed by atoms with Gasteiger partial charge in [-0.2, -0.15) is 0 Å². The van der Waals surface area contributed by atoms with Gasteiger partial charge in [-0.05, 0) is 48.6 Å². The van der Waals surface area contributed by atoms with Gasteiger partial charge in [-0.1, -0.05) is 30.3 Å². The summed E-state index contributed by atoms with van der Waals surface area (Å²) in [5.74, 6) is -0.187. The molecule has 1 fully saturated rings. The van der Waals surface area contributed by atoms with Crippen molar-refractivity contribution in [3.8, 4) is 17.2 Å². The molecular formula is C29H35N3O7. The van der Waals surface area contributed by atoms with Crippen LogP contribution in [0.1, 0.15) is 30.4 Å². The lowest BCUT2D eigenvalue weighted by Gasteiger charge is -2.25. The van der Waals surface area contributed by atoms with Crippen molar-refractivity contribution in [2.24, 2.45) is 5.92 Å². The molecule has 1 aliphatic heterocycles. The number of carbonyl (C=O) groups excluding carboxylic acids is 4. The fourth-order valence-corrected chi connectivity index (χ4v) is 4.45. The fourth-order valence-electron chi connectivity index (χ4n) is 4.45. The largest absolute Gasteiger partial charge is 0.493 e. The molecule has 0 bridgehead atoms. The Kier molecular flexibility index (Phi) is 10.9. The lowest BCUT2D eigenvalue weighted by atomic mass is 9.92. The van der Waals surface area contributed by atoms with Gasteiger partial charge in [-0.15, -0.1) is 0 Å². The van der Waals surface area contributed by atoms with Gasteiger partial charge in [0, 0.05) is 25.0 Å². The Labute approximate surface area is 228 Å². The highest BCUT2D eigenvalue weighted by atomic mass is 16.5. The second kappa shape index (κ2) is 14.6. The van der Waals surface area contributed by atoms with Crippen molar-refractivity contribution in [2.75, 3.05) is 27.9 Å². The summed E-state index contributed by atoms with van der Waals surface area (Å²) in [5.41, 5.74) is 1.45. The average molecular weight is 538 g/mol. The van der Waals surface area contributed by atoms with Gasteiger partial charge >= 0.3 is 0 Å². The number of carbonyl (C=O) groups is 4. The maximum absolute atomic E-state index is 13.2. The normalized spacial score (nSPS) is 16.5. The van der Waals surface area contributed by atoms with E-state index < -0.39 is 23.9 Å². The highest BCUT2D eigenvalue weighted by Gasteiger charge is 2.28. The molecule has 2 aromatic rings. The van der Waals surface area contributed by atoms with Crippen LogP contribution in [0, 0.1) is 5.92 Å². The molecule has 1 heterocycles. The van der Waals surface area contributed by atoms with E-state index in [1.54, 1.807) is 18.2 Å². The van der Waals surface area contributed by atoms with E-state index in [9.17, 15) is 19.2 Å². The van der Waals surface area contributed by atoms with Crippen molar-refractivity contribution >= 4 is 30.1 Å². The predicted molar refractivity (Wildman–Crippen MR) is 146 cm³/mol. The number of aldehydes is 1. The van der Waals surface area contributed by atoms with Crippen molar-refractivity contribution in [3.63, 3.8) is 0 Å². The smallest absolute Gasteiger partial charge is 0.244 e. The molecule has 3 atom stereocenters. The van der Waals surface area contributed by atoms with E-state index >= 15 is 0 Å². The maximum atomic E-state index is 13.2. The van der Waals surface area contributed by atoms with Crippen LogP contribution in [0.4, 0.5) is 0 Å².